The molecule has 0 bridgehead atoms. The van der Waals surface area contributed by atoms with Crippen LogP contribution >= 0.6 is 0 Å². The fraction of sp³-hybridized carbons (Fsp3) is 0.533. The molecule has 1 aliphatic carbocycles. The Morgan fingerprint density at radius 3 is 2.67 bits per heavy atom. The van der Waals surface area contributed by atoms with E-state index in [0.717, 1.165) is 6.54 Å². The molecule has 18 heavy (non-hydrogen) atoms. The number of carboxylic acid groups (broad SMARTS) is 1. The van der Waals surface area contributed by atoms with Crippen LogP contribution in [0.4, 0.5) is 0 Å². The summed E-state index contributed by atoms with van der Waals surface area (Å²) < 4.78 is 0. The van der Waals surface area contributed by atoms with E-state index >= 15 is 0 Å². The number of hydrogen-bond donors (Lipinski definition) is 1. The van der Waals surface area contributed by atoms with E-state index in [-0.39, 0.29) is 6.42 Å². The second-order valence-corrected chi connectivity index (χ2v) is 5.28. The molecule has 1 aliphatic rings. The average Bonchev–Trinajstić information content (AvgIpc) is 3.10. The highest BCUT2D eigenvalue weighted by Crippen LogP contribution is 2.29. The van der Waals surface area contributed by atoms with E-state index in [0.29, 0.717) is 12.6 Å². The van der Waals surface area contributed by atoms with Gasteiger partial charge in [0.1, 0.15) is 0 Å². The number of carbonyl (C=O) groups is 1. The fourth-order valence-electron chi connectivity index (χ4n) is 2.31. The molecule has 0 spiro atoms. The summed E-state index contributed by atoms with van der Waals surface area (Å²) >= 11 is 0. The highest BCUT2D eigenvalue weighted by molar-refractivity contribution is 5.66. The monoisotopic (exact) mass is 247 g/mol. The predicted molar refractivity (Wildman–Crippen MR) is 71.6 cm³/mol. The van der Waals surface area contributed by atoms with Gasteiger partial charge >= 0.3 is 5.97 Å². The van der Waals surface area contributed by atoms with Crippen LogP contribution in [0, 0.1) is 13.8 Å². The standard InChI is InChI=1S/C15H21NO2/c1-11-3-4-13(12(2)9-11)10-16(14-5-6-14)8-7-15(17)18/h3-4,9,14H,5-8,10H2,1-2H3,(H,17,18). The molecule has 1 N–H and O–H groups in total. The number of carboxylic acids is 1. The lowest BCUT2D eigenvalue weighted by Crippen LogP contribution is -2.28. The Morgan fingerprint density at radius 1 is 1.39 bits per heavy atom. The van der Waals surface area contributed by atoms with E-state index < -0.39 is 5.97 Å². The van der Waals surface area contributed by atoms with E-state index in [9.17, 15) is 4.79 Å². The molecule has 1 fully saturated rings. The zero-order valence-electron chi connectivity index (χ0n) is 11.1. The van der Waals surface area contributed by atoms with Crippen molar-refractivity contribution in [2.45, 2.75) is 45.7 Å². The number of rotatable bonds is 6. The molecule has 0 aromatic heterocycles. The number of aryl methyl sites for hydroxylation is 2. The molecule has 98 valence electrons. The van der Waals surface area contributed by atoms with Crippen LogP contribution in [0.5, 0.6) is 0 Å². The third-order valence-electron chi connectivity index (χ3n) is 3.55. The zero-order chi connectivity index (χ0) is 13.1. The maximum Gasteiger partial charge on any atom is 0.304 e. The first-order valence-corrected chi connectivity index (χ1v) is 6.58. The van der Waals surface area contributed by atoms with Crippen LogP contribution in [0.15, 0.2) is 18.2 Å². The van der Waals surface area contributed by atoms with Crippen molar-refractivity contribution >= 4 is 5.97 Å². The third kappa shape index (κ3) is 3.57. The van der Waals surface area contributed by atoms with Gasteiger partial charge in [-0.2, -0.15) is 0 Å². The van der Waals surface area contributed by atoms with Gasteiger partial charge in [-0.05, 0) is 37.8 Å². The molecule has 0 unspecified atom stereocenters. The molecule has 0 saturated heterocycles. The van der Waals surface area contributed by atoms with Crippen molar-refractivity contribution in [2.75, 3.05) is 6.54 Å². The Morgan fingerprint density at radius 2 is 2.11 bits per heavy atom. The maximum absolute atomic E-state index is 10.7. The first-order chi connectivity index (χ1) is 8.56. The summed E-state index contributed by atoms with van der Waals surface area (Å²) in [5, 5.41) is 8.79. The van der Waals surface area contributed by atoms with Gasteiger partial charge in [-0.3, -0.25) is 9.69 Å². The molecule has 0 heterocycles. The minimum absolute atomic E-state index is 0.238. The van der Waals surface area contributed by atoms with Crippen LogP contribution in [-0.4, -0.2) is 28.6 Å². The second-order valence-electron chi connectivity index (χ2n) is 5.28. The van der Waals surface area contributed by atoms with Gasteiger partial charge in [-0.25, -0.2) is 0 Å². The average molecular weight is 247 g/mol. The number of aliphatic carboxylic acids is 1. The van der Waals surface area contributed by atoms with Crippen LogP contribution in [0.3, 0.4) is 0 Å². The summed E-state index contributed by atoms with van der Waals surface area (Å²) in [4.78, 5) is 13.0. The Bertz CT molecular complexity index is 438. The lowest BCUT2D eigenvalue weighted by Gasteiger charge is -2.22. The summed E-state index contributed by atoms with van der Waals surface area (Å²) in [6.45, 7) is 5.77. The zero-order valence-corrected chi connectivity index (χ0v) is 11.1. The number of hydrogen-bond acceptors (Lipinski definition) is 2. The van der Waals surface area contributed by atoms with Crippen molar-refractivity contribution in [3.63, 3.8) is 0 Å². The Labute approximate surface area is 108 Å². The molecular weight excluding hydrogens is 226 g/mol. The minimum Gasteiger partial charge on any atom is -0.481 e. The maximum atomic E-state index is 10.7. The van der Waals surface area contributed by atoms with E-state index in [1.54, 1.807) is 0 Å². The largest absolute Gasteiger partial charge is 0.481 e. The van der Waals surface area contributed by atoms with Crippen LogP contribution in [-0.2, 0) is 11.3 Å². The number of benzene rings is 1. The van der Waals surface area contributed by atoms with Gasteiger partial charge in [-0.1, -0.05) is 23.8 Å². The fourth-order valence-corrected chi connectivity index (χ4v) is 2.31. The summed E-state index contributed by atoms with van der Waals surface area (Å²) in [6.07, 6.45) is 2.66. The molecule has 1 aromatic rings. The molecule has 0 radical (unpaired) electrons. The minimum atomic E-state index is -0.707. The lowest BCUT2D eigenvalue weighted by molar-refractivity contribution is -0.137. The van der Waals surface area contributed by atoms with Gasteiger partial charge in [0.2, 0.25) is 0 Å². The molecular formula is C15H21NO2. The van der Waals surface area contributed by atoms with Crippen molar-refractivity contribution in [1.82, 2.24) is 4.90 Å². The SMILES string of the molecule is Cc1ccc(CN(CCC(=O)O)C2CC2)c(C)c1. The van der Waals surface area contributed by atoms with Gasteiger partial charge in [-0.15, -0.1) is 0 Å². The summed E-state index contributed by atoms with van der Waals surface area (Å²) in [5.74, 6) is -0.707. The van der Waals surface area contributed by atoms with E-state index in [2.05, 4.69) is 36.9 Å². The molecule has 3 nitrogen and oxygen atoms in total. The van der Waals surface area contributed by atoms with Crippen molar-refractivity contribution < 1.29 is 9.90 Å². The van der Waals surface area contributed by atoms with E-state index in [1.807, 2.05) is 0 Å². The van der Waals surface area contributed by atoms with Crippen molar-refractivity contribution in [1.29, 1.82) is 0 Å². The topological polar surface area (TPSA) is 40.5 Å². The lowest BCUT2D eigenvalue weighted by atomic mass is 10.1. The van der Waals surface area contributed by atoms with Gasteiger partial charge in [0.25, 0.3) is 0 Å². The highest BCUT2D eigenvalue weighted by atomic mass is 16.4. The summed E-state index contributed by atoms with van der Waals surface area (Å²) in [7, 11) is 0. The quantitative estimate of drug-likeness (QED) is 0.840. The molecule has 0 atom stereocenters. The van der Waals surface area contributed by atoms with E-state index in [4.69, 9.17) is 5.11 Å². The van der Waals surface area contributed by atoms with Crippen molar-refractivity contribution in [2.24, 2.45) is 0 Å². The molecule has 3 heteroatoms. The summed E-state index contributed by atoms with van der Waals surface area (Å²) in [5.41, 5.74) is 3.90. The second kappa shape index (κ2) is 5.53. The Kier molecular flexibility index (Phi) is 4.02. The summed E-state index contributed by atoms with van der Waals surface area (Å²) in [6, 6.07) is 7.09. The van der Waals surface area contributed by atoms with Crippen molar-refractivity contribution in [3.8, 4) is 0 Å². The van der Waals surface area contributed by atoms with E-state index in [1.165, 1.54) is 29.5 Å². The molecule has 1 saturated carbocycles. The van der Waals surface area contributed by atoms with Gasteiger partial charge < -0.3 is 5.11 Å². The van der Waals surface area contributed by atoms with Crippen LogP contribution < -0.4 is 0 Å². The third-order valence-corrected chi connectivity index (χ3v) is 3.55. The van der Waals surface area contributed by atoms with Crippen molar-refractivity contribution in [3.05, 3.63) is 34.9 Å². The Hall–Kier alpha value is -1.35. The smallest absolute Gasteiger partial charge is 0.304 e. The first-order valence-electron chi connectivity index (χ1n) is 6.58. The Balaban J connectivity index is 2.01. The van der Waals surface area contributed by atoms with Gasteiger partial charge in [0.15, 0.2) is 0 Å². The van der Waals surface area contributed by atoms with Crippen LogP contribution in [0.2, 0.25) is 0 Å². The highest BCUT2D eigenvalue weighted by Gasteiger charge is 2.29. The molecule has 0 amide bonds. The predicted octanol–water partition coefficient (Wildman–Crippen LogP) is 2.74. The molecule has 1 aromatic carbocycles. The normalized spacial score (nSPS) is 15.1. The van der Waals surface area contributed by atoms with Gasteiger partial charge in [0, 0.05) is 19.1 Å². The molecule has 2 rings (SSSR count). The molecule has 0 aliphatic heterocycles. The first kappa shape index (κ1) is 13.1. The number of nitrogens with zero attached hydrogens (tertiary/aromatic N) is 1. The van der Waals surface area contributed by atoms with Crippen LogP contribution in [0.1, 0.15) is 36.0 Å². The van der Waals surface area contributed by atoms with Crippen LogP contribution in [0.25, 0.3) is 0 Å². The van der Waals surface area contributed by atoms with Gasteiger partial charge in [0.05, 0.1) is 6.42 Å².